The zero-order valence-electron chi connectivity index (χ0n) is 9.90. The van der Waals surface area contributed by atoms with E-state index < -0.39 is 0 Å². The van der Waals surface area contributed by atoms with Crippen LogP contribution in [0.5, 0.6) is 0 Å². The van der Waals surface area contributed by atoms with Crippen LogP contribution in [0.15, 0.2) is 18.3 Å². The van der Waals surface area contributed by atoms with Gasteiger partial charge in [-0.1, -0.05) is 0 Å². The highest BCUT2D eigenvalue weighted by Crippen LogP contribution is 1.99. The lowest BCUT2D eigenvalue weighted by molar-refractivity contribution is 0.0734. The lowest BCUT2D eigenvalue weighted by Crippen LogP contribution is -2.48. The van der Waals surface area contributed by atoms with Gasteiger partial charge in [0.1, 0.15) is 0 Å². The molecular weight excluding hydrogens is 218 g/mol. The Balaban J connectivity index is 1.82. The Bertz CT molecular complexity index is 372. The van der Waals surface area contributed by atoms with Gasteiger partial charge in [-0.15, -0.1) is 0 Å². The van der Waals surface area contributed by atoms with Gasteiger partial charge in [-0.3, -0.25) is 9.78 Å². The fraction of sp³-hybridized carbons (Fsp3) is 0.500. The second kappa shape index (κ2) is 5.75. The maximum atomic E-state index is 11.8. The van der Waals surface area contributed by atoms with Gasteiger partial charge in [0, 0.05) is 31.0 Å². The van der Waals surface area contributed by atoms with Crippen LogP contribution in [-0.4, -0.2) is 43.2 Å². The molecule has 1 fully saturated rings. The van der Waals surface area contributed by atoms with Gasteiger partial charge in [-0.25, -0.2) is 0 Å². The van der Waals surface area contributed by atoms with Crippen molar-refractivity contribution in [3.8, 4) is 0 Å². The average Bonchev–Trinajstić information content (AvgIpc) is 2.38. The number of aryl methyl sites for hydroxylation is 1. The number of hydrogen-bond donors (Lipinski definition) is 2. The highest BCUT2D eigenvalue weighted by Gasteiger charge is 2.14. The van der Waals surface area contributed by atoms with Crippen LogP contribution in [0.4, 0.5) is 0 Å². The maximum absolute atomic E-state index is 11.8. The van der Waals surface area contributed by atoms with Gasteiger partial charge in [0.15, 0.2) is 0 Å². The molecule has 2 heterocycles. The molecule has 1 aromatic rings. The van der Waals surface area contributed by atoms with E-state index in [1.165, 1.54) is 0 Å². The number of nitrogens with zero attached hydrogens (tertiary/aromatic N) is 1. The summed E-state index contributed by atoms with van der Waals surface area (Å²) in [4.78, 5) is 15.9. The van der Waals surface area contributed by atoms with E-state index >= 15 is 0 Å². The number of nitrogens with one attached hydrogen (secondary N) is 2. The van der Waals surface area contributed by atoms with E-state index in [-0.39, 0.29) is 11.9 Å². The molecule has 0 saturated carbocycles. The van der Waals surface area contributed by atoms with Crippen molar-refractivity contribution >= 4 is 5.91 Å². The third-order valence-electron chi connectivity index (χ3n) is 2.68. The molecule has 1 atom stereocenters. The molecule has 17 heavy (non-hydrogen) atoms. The second-order valence-corrected chi connectivity index (χ2v) is 4.12. The smallest absolute Gasteiger partial charge is 0.252 e. The van der Waals surface area contributed by atoms with Crippen molar-refractivity contribution in [3.63, 3.8) is 0 Å². The Morgan fingerprint density at radius 3 is 3.18 bits per heavy atom. The van der Waals surface area contributed by atoms with Crippen molar-refractivity contribution in [2.24, 2.45) is 0 Å². The Hall–Kier alpha value is -1.46. The summed E-state index contributed by atoms with van der Waals surface area (Å²) in [5.41, 5.74) is 1.50. The zero-order chi connectivity index (χ0) is 12.1. The van der Waals surface area contributed by atoms with Crippen molar-refractivity contribution in [1.82, 2.24) is 15.6 Å². The van der Waals surface area contributed by atoms with Crippen LogP contribution in [0.1, 0.15) is 16.1 Å². The van der Waals surface area contributed by atoms with Gasteiger partial charge >= 0.3 is 0 Å². The SMILES string of the molecule is Cc1ccc(C(=O)NCC2COCCN2)cn1. The summed E-state index contributed by atoms with van der Waals surface area (Å²) in [6.45, 7) is 4.70. The first kappa shape index (κ1) is 12.0. The summed E-state index contributed by atoms with van der Waals surface area (Å²) in [6, 6.07) is 3.81. The summed E-state index contributed by atoms with van der Waals surface area (Å²) in [5, 5.41) is 6.15. The lowest BCUT2D eigenvalue weighted by Gasteiger charge is -2.23. The number of ether oxygens (including phenoxy) is 1. The quantitative estimate of drug-likeness (QED) is 0.780. The van der Waals surface area contributed by atoms with E-state index in [1.54, 1.807) is 12.3 Å². The van der Waals surface area contributed by atoms with Crippen LogP contribution in [0.25, 0.3) is 0 Å². The van der Waals surface area contributed by atoms with Gasteiger partial charge in [0.05, 0.1) is 18.8 Å². The monoisotopic (exact) mass is 235 g/mol. The number of hydrogen-bond acceptors (Lipinski definition) is 4. The van der Waals surface area contributed by atoms with Crippen molar-refractivity contribution < 1.29 is 9.53 Å². The van der Waals surface area contributed by atoms with Crippen LogP contribution in [0, 0.1) is 6.92 Å². The molecular formula is C12H17N3O2. The van der Waals surface area contributed by atoms with Crippen LogP contribution >= 0.6 is 0 Å². The van der Waals surface area contributed by atoms with E-state index in [4.69, 9.17) is 4.74 Å². The molecule has 2 N–H and O–H groups in total. The molecule has 1 aliphatic heterocycles. The molecule has 1 amide bonds. The first-order valence-corrected chi connectivity index (χ1v) is 5.77. The summed E-state index contributed by atoms with van der Waals surface area (Å²) >= 11 is 0. The minimum absolute atomic E-state index is 0.0927. The van der Waals surface area contributed by atoms with E-state index in [9.17, 15) is 4.79 Å². The molecule has 1 unspecified atom stereocenters. The Labute approximate surface area is 101 Å². The van der Waals surface area contributed by atoms with Gasteiger partial charge in [0.25, 0.3) is 5.91 Å². The van der Waals surface area contributed by atoms with Crippen LogP contribution < -0.4 is 10.6 Å². The predicted octanol–water partition coefficient (Wildman–Crippen LogP) is 0.108. The fourth-order valence-electron chi connectivity index (χ4n) is 1.67. The molecule has 0 radical (unpaired) electrons. The van der Waals surface area contributed by atoms with Crippen molar-refractivity contribution in [2.45, 2.75) is 13.0 Å². The summed E-state index contributed by atoms with van der Waals surface area (Å²) in [7, 11) is 0. The third-order valence-corrected chi connectivity index (χ3v) is 2.68. The molecule has 1 aliphatic rings. The topological polar surface area (TPSA) is 63.2 Å². The minimum Gasteiger partial charge on any atom is -0.378 e. The maximum Gasteiger partial charge on any atom is 0.252 e. The average molecular weight is 235 g/mol. The Morgan fingerprint density at radius 2 is 2.53 bits per heavy atom. The van der Waals surface area contributed by atoms with E-state index in [0.29, 0.717) is 18.7 Å². The highest BCUT2D eigenvalue weighted by atomic mass is 16.5. The normalized spacial score (nSPS) is 19.9. The molecule has 1 aromatic heterocycles. The summed E-state index contributed by atoms with van der Waals surface area (Å²) in [6.07, 6.45) is 1.59. The number of morpholine rings is 1. The van der Waals surface area contributed by atoms with Gasteiger partial charge in [-0.2, -0.15) is 0 Å². The number of pyridine rings is 1. The van der Waals surface area contributed by atoms with Crippen LogP contribution in [0.2, 0.25) is 0 Å². The molecule has 92 valence electrons. The molecule has 2 rings (SSSR count). The minimum atomic E-state index is -0.0927. The predicted molar refractivity (Wildman–Crippen MR) is 63.9 cm³/mol. The van der Waals surface area contributed by atoms with Crippen molar-refractivity contribution in [1.29, 1.82) is 0 Å². The van der Waals surface area contributed by atoms with E-state index in [2.05, 4.69) is 15.6 Å². The van der Waals surface area contributed by atoms with E-state index in [1.807, 2.05) is 13.0 Å². The number of rotatable bonds is 3. The van der Waals surface area contributed by atoms with Gasteiger partial charge < -0.3 is 15.4 Å². The first-order chi connectivity index (χ1) is 8.25. The molecule has 5 heteroatoms. The molecule has 0 aromatic carbocycles. The molecule has 0 aliphatic carbocycles. The van der Waals surface area contributed by atoms with Gasteiger partial charge in [0.2, 0.25) is 0 Å². The van der Waals surface area contributed by atoms with Crippen molar-refractivity contribution in [2.75, 3.05) is 26.3 Å². The summed E-state index contributed by atoms with van der Waals surface area (Å²) < 4.78 is 5.31. The third kappa shape index (κ3) is 3.51. The molecule has 1 saturated heterocycles. The van der Waals surface area contributed by atoms with E-state index in [0.717, 1.165) is 18.8 Å². The number of aromatic nitrogens is 1. The fourth-order valence-corrected chi connectivity index (χ4v) is 1.67. The molecule has 0 spiro atoms. The molecule has 5 nitrogen and oxygen atoms in total. The number of carbonyl (C=O) groups is 1. The zero-order valence-corrected chi connectivity index (χ0v) is 9.90. The van der Waals surface area contributed by atoms with Crippen LogP contribution in [0.3, 0.4) is 0 Å². The van der Waals surface area contributed by atoms with Crippen LogP contribution in [-0.2, 0) is 4.74 Å². The standard InChI is InChI=1S/C12H17N3O2/c1-9-2-3-10(6-14-9)12(16)15-7-11-8-17-5-4-13-11/h2-3,6,11,13H,4-5,7-8H2,1H3,(H,15,16). The second-order valence-electron chi connectivity index (χ2n) is 4.12. The van der Waals surface area contributed by atoms with Crippen molar-refractivity contribution in [3.05, 3.63) is 29.6 Å². The Morgan fingerprint density at radius 1 is 1.65 bits per heavy atom. The summed E-state index contributed by atoms with van der Waals surface area (Å²) in [5.74, 6) is -0.0927. The largest absolute Gasteiger partial charge is 0.378 e. The lowest BCUT2D eigenvalue weighted by atomic mass is 10.2. The Kier molecular flexibility index (Phi) is 4.06. The highest BCUT2D eigenvalue weighted by molar-refractivity contribution is 5.93. The molecule has 0 bridgehead atoms. The number of carbonyl (C=O) groups excluding carboxylic acids is 1. The first-order valence-electron chi connectivity index (χ1n) is 5.77. The van der Waals surface area contributed by atoms with Gasteiger partial charge in [-0.05, 0) is 19.1 Å². The number of amides is 1.